The molecule has 0 bridgehead atoms. The number of nitrogens with two attached hydrogens (primary N) is 1. The van der Waals surface area contributed by atoms with Crippen LogP contribution in [0.15, 0.2) is 0 Å². The summed E-state index contributed by atoms with van der Waals surface area (Å²) in [5.74, 6) is -0.282. The van der Waals surface area contributed by atoms with Gasteiger partial charge in [-0.05, 0) is 33.9 Å². The zero-order valence-corrected chi connectivity index (χ0v) is 12.4. The third kappa shape index (κ3) is 9.39. The summed E-state index contributed by atoms with van der Waals surface area (Å²) in [6.45, 7) is 10.5. The van der Waals surface area contributed by atoms with Gasteiger partial charge in [-0.2, -0.15) is 0 Å². The molecule has 0 aromatic heterocycles. The number of rotatable bonds is 10. The molecule has 0 aliphatic carbocycles. The van der Waals surface area contributed by atoms with Crippen molar-refractivity contribution in [3.63, 3.8) is 0 Å². The molecule has 0 aliphatic rings. The van der Waals surface area contributed by atoms with Crippen molar-refractivity contribution in [3.8, 4) is 0 Å². The number of hydrogen-bond donors (Lipinski definition) is 2. The van der Waals surface area contributed by atoms with Crippen LogP contribution in [0.25, 0.3) is 0 Å². The van der Waals surface area contributed by atoms with Crippen molar-refractivity contribution in [2.45, 2.75) is 52.3 Å². The van der Waals surface area contributed by atoms with Gasteiger partial charge >= 0.3 is 0 Å². The van der Waals surface area contributed by atoms with E-state index in [2.05, 4.69) is 10.2 Å². The highest BCUT2D eigenvalue weighted by atomic mass is 16.5. The van der Waals surface area contributed by atoms with Crippen LogP contribution < -0.4 is 11.1 Å². The lowest BCUT2D eigenvalue weighted by atomic mass is 10.1. The fraction of sp³-hybridized carbons (Fsp3) is 0.923. The first-order chi connectivity index (χ1) is 8.32. The number of carbonyl (C=O) groups excluding carboxylic acids is 1. The molecule has 18 heavy (non-hydrogen) atoms. The number of nitrogens with zero attached hydrogens (tertiary/aromatic N) is 1. The lowest BCUT2D eigenvalue weighted by Crippen LogP contribution is -2.46. The summed E-state index contributed by atoms with van der Waals surface area (Å²) in [5.41, 5.74) is 5.37. The Morgan fingerprint density at radius 2 is 1.89 bits per heavy atom. The first kappa shape index (κ1) is 17.4. The number of hydrogen-bond acceptors (Lipinski definition) is 4. The van der Waals surface area contributed by atoms with Crippen LogP contribution in [0.5, 0.6) is 0 Å². The van der Waals surface area contributed by atoms with E-state index in [1.54, 1.807) is 0 Å². The van der Waals surface area contributed by atoms with Crippen LogP contribution >= 0.6 is 0 Å². The van der Waals surface area contributed by atoms with Crippen molar-refractivity contribution < 1.29 is 9.53 Å². The fourth-order valence-electron chi connectivity index (χ4n) is 1.62. The second kappa shape index (κ2) is 9.30. The number of nitrogens with one attached hydrogen (secondary N) is 1. The molecule has 5 nitrogen and oxygen atoms in total. The largest absolute Gasteiger partial charge is 0.377 e. The normalized spacial score (nSPS) is 13.6. The number of primary amides is 1. The van der Waals surface area contributed by atoms with Gasteiger partial charge in [-0.1, -0.05) is 13.8 Å². The number of amides is 1. The molecule has 1 atom stereocenters. The summed E-state index contributed by atoms with van der Waals surface area (Å²) >= 11 is 0. The molecule has 0 aliphatic heterocycles. The minimum Gasteiger partial charge on any atom is -0.377 e. The van der Waals surface area contributed by atoms with Gasteiger partial charge in [0.2, 0.25) is 5.91 Å². The van der Waals surface area contributed by atoms with Gasteiger partial charge in [0.15, 0.2) is 0 Å². The minimum atomic E-state index is -0.282. The lowest BCUT2D eigenvalue weighted by Gasteiger charge is -2.22. The average Bonchev–Trinajstić information content (AvgIpc) is 2.22. The molecule has 0 saturated heterocycles. The van der Waals surface area contributed by atoms with Crippen LogP contribution in [0.4, 0.5) is 0 Å². The molecular formula is C13H29N3O2. The van der Waals surface area contributed by atoms with Gasteiger partial charge < -0.3 is 20.7 Å². The SMILES string of the molecule is CC(C)NC(CCN(C)CCOC(C)C)C(N)=O. The quantitative estimate of drug-likeness (QED) is 0.602. The molecule has 3 N–H and O–H groups in total. The summed E-state index contributed by atoms with van der Waals surface area (Å²) in [6, 6.07) is 0.00977. The van der Waals surface area contributed by atoms with E-state index in [-0.39, 0.29) is 24.1 Å². The summed E-state index contributed by atoms with van der Waals surface area (Å²) in [4.78, 5) is 13.4. The molecule has 0 rings (SSSR count). The van der Waals surface area contributed by atoms with Crippen molar-refractivity contribution >= 4 is 5.91 Å². The van der Waals surface area contributed by atoms with Crippen LogP contribution in [-0.2, 0) is 9.53 Å². The summed E-state index contributed by atoms with van der Waals surface area (Å²) in [7, 11) is 2.02. The van der Waals surface area contributed by atoms with Crippen molar-refractivity contribution in [3.05, 3.63) is 0 Å². The average molecular weight is 259 g/mol. The monoisotopic (exact) mass is 259 g/mol. The summed E-state index contributed by atoms with van der Waals surface area (Å²) in [5, 5.41) is 3.18. The van der Waals surface area contributed by atoms with Gasteiger partial charge in [0.1, 0.15) is 0 Å². The van der Waals surface area contributed by atoms with E-state index in [0.29, 0.717) is 6.61 Å². The molecule has 0 fully saturated rings. The first-order valence-electron chi connectivity index (χ1n) is 6.68. The van der Waals surface area contributed by atoms with Crippen LogP contribution in [0, 0.1) is 0 Å². The van der Waals surface area contributed by atoms with E-state index < -0.39 is 0 Å². The number of ether oxygens (including phenoxy) is 1. The van der Waals surface area contributed by atoms with Gasteiger partial charge in [0, 0.05) is 12.6 Å². The maximum Gasteiger partial charge on any atom is 0.234 e. The Morgan fingerprint density at radius 1 is 1.28 bits per heavy atom. The Labute approximate surface area is 111 Å². The topological polar surface area (TPSA) is 67.6 Å². The van der Waals surface area contributed by atoms with E-state index in [4.69, 9.17) is 10.5 Å². The Morgan fingerprint density at radius 3 is 2.33 bits per heavy atom. The van der Waals surface area contributed by atoms with E-state index >= 15 is 0 Å². The molecule has 108 valence electrons. The van der Waals surface area contributed by atoms with Crippen LogP contribution in [0.2, 0.25) is 0 Å². The summed E-state index contributed by atoms with van der Waals surface area (Å²) in [6.07, 6.45) is 0.991. The molecular weight excluding hydrogens is 230 g/mol. The molecule has 0 spiro atoms. The van der Waals surface area contributed by atoms with Crippen molar-refractivity contribution in [2.75, 3.05) is 26.7 Å². The Bertz CT molecular complexity index is 232. The van der Waals surface area contributed by atoms with Crippen molar-refractivity contribution in [2.24, 2.45) is 5.73 Å². The molecule has 0 aromatic carbocycles. The van der Waals surface area contributed by atoms with Crippen LogP contribution in [0.3, 0.4) is 0 Å². The van der Waals surface area contributed by atoms with Crippen molar-refractivity contribution in [1.29, 1.82) is 0 Å². The molecule has 5 heteroatoms. The fourth-order valence-corrected chi connectivity index (χ4v) is 1.62. The second-order valence-electron chi connectivity index (χ2n) is 5.29. The van der Waals surface area contributed by atoms with Gasteiger partial charge in [0.25, 0.3) is 0 Å². The molecule has 0 heterocycles. The smallest absolute Gasteiger partial charge is 0.234 e. The highest BCUT2D eigenvalue weighted by Crippen LogP contribution is 1.97. The number of carbonyl (C=O) groups is 1. The highest BCUT2D eigenvalue weighted by molar-refractivity contribution is 5.79. The minimum absolute atomic E-state index is 0.251. The zero-order chi connectivity index (χ0) is 14.1. The second-order valence-corrected chi connectivity index (χ2v) is 5.29. The third-order valence-corrected chi connectivity index (χ3v) is 2.60. The Balaban J connectivity index is 3.85. The standard InChI is InChI=1S/C13H29N3O2/c1-10(2)15-12(13(14)17)6-7-16(5)8-9-18-11(3)4/h10-12,15H,6-9H2,1-5H3,(H2,14,17). The van der Waals surface area contributed by atoms with E-state index in [1.807, 2.05) is 34.7 Å². The van der Waals surface area contributed by atoms with E-state index in [9.17, 15) is 4.79 Å². The maximum atomic E-state index is 11.3. The first-order valence-corrected chi connectivity index (χ1v) is 6.68. The maximum absolute atomic E-state index is 11.3. The van der Waals surface area contributed by atoms with Crippen molar-refractivity contribution in [1.82, 2.24) is 10.2 Å². The molecule has 1 unspecified atom stereocenters. The number of likely N-dealkylation sites (N-methyl/N-ethyl adjacent to an activating group) is 1. The lowest BCUT2D eigenvalue weighted by molar-refractivity contribution is -0.120. The predicted octanol–water partition coefficient (Wildman–Crippen LogP) is 0.585. The molecule has 0 saturated carbocycles. The third-order valence-electron chi connectivity index (χ3n) is 2.60. The van der Waals surface area contributed by atoms with Gasteiger partial charge in [-0.3, -0.25) is 4.79 Å². The van der Waals surface area contributed by atoms with Gasteiger partial charge in [0.05, 0.1) is 18.8 Å². The molecule has 0 aromatic rings. The Hall–Kier alpha value is -0.650. The van der Waals surface area contributed by atoms with E-state index in [0.717, 1.165) is 19.5 Å². The van der Waals surface area contributed by atoms with E-state index in [1.165, 1.54) is 0 Å². The summed E-state index contributed by atoms with van der Waals surface area (Å²) < 4.78 is 5.48. The highest BCUT2D eigenvalue weighted by Gasteiger charge is 2.16. The van der Waals surface area contributed by atoms with Gasteiger partial charge in [-0.25, -0.2) is 0 Å². The van der Waals surface area contributed by atoms with Crippen LogP contribution in [0.1, 0.15) is 34.1 Å². The zero-order valence-electron chi connectivity index (χ0n) is 12.4. The van der Waals surface area contributed by atoms with Crippen LogP contribution in [-0.4, -0.2) is 55.7 Å². The van der Waals surface area contributed by atoms with Gasteiger partial charge in [-0.15, -0.1) is 0 Å². The Kier molecular flexibility index (Phi) is 8.97. The molecule has 1 amide bonds. The predicted molar refractivity (Wildman–Crippen MR) is 74.5 cm³/mol. The molecule has 0 radical (unpaired) electrons.